The Kier molecular flexibility index (Phi) is 2.96. The SMILES string of the molecule is C=C(C)N1CCC2(CC(C)=NO2)C(CC)C1. The molecule has 3 nitrogen and oxygen atoms in total. The molecule has 0 N–H and O–H groups in total. The van der Waals surface area contributed by atoms with Crippen LogP contribution < -0.4 is 0 Å². The van der Waals surface area contributed by atoms with Crippen LogP contribution in [0.3, 0.4) is 0 Å². The number of likely N-dealkylation sites (tertiary alicyclic amines) is 1. The first-order valence-electron chi connectivity index (χ1n) is 6.19. The van der Waals surface area contributed by atoms with Crippen LogP contribution in [-0.4, -0.2) is 29.3 Å². The Morgan fingerprint density at radius 2 is 2.44 bits per heavy atom. The summed E-state index contributed by atoms with van der Waals surface area (Å²) in [6, 6.07) is 0. The zero-order valence-electron chi connectivity index (χ0n) is 10.6. The quantitative estimate of drug-likeness (QED) is 0.717. The number of hydrogen-bond donors (Lipinski definition) is 0. The van der Waals surface area contributed by atoms with Crippen LogP contribution in [-0.2, 0) is 4.84 Å². The van der Waals surface area contributed by atoms with E-state index < -0.39 is 0 Å². The lowest BCUT2D eigenvalue weighted by molar-refractivity contribution is -0.0997. The van der Waals surface area contributed by atoms with Gasteiger partial charge in [-0.3, -0.25) is 0 Å². The highest BCUT2D eigenvalue weighted by atomic mass is 16.7. The van der Waals surface area contributed by atoms with Crippen LogP contribution in [0.5, 0.6) is 0 Å². The normalized spacial score (nSPS) is 33.8. The van der Waals surface area contributed by atoms with Gasteiger partial charge in [-0.05, 0) is 20.3 Å². The van der Waals surface area contributed by atoms with Gasteiger partial charge in [0.2, 0.25) is 0 Å². The summed E-state index contributed by atoms with van der Waals surface area (Å²) in [6.07, 6.45) is 3.22. The number of nitrogens with zero attached hydrogens (tertiary/aromatic N) is 2. The molecule has 3 heteroatoms. The summed E-state index contributed by atoms with van der Waals surface area (Å²) in [5.74, 6) is 0.569. The molecule has 1 saturated heterocycles. The van der Waals surface area contributed by atoms with Gasteiger partial charge in [0.25, 0.3) is 0 Å². The summed E-state index contributed by atoms with van der Waals surface area (Å²) in [5, 5.41) is 4.16. The molecule has 0 radical (unpaired) electrons. The maximum absolute atomic E-state index is 5.76. The lowest BCUT2D eigenvalue weighted by Gasteiger charge is -2.44. The predicted octanol–water partition coefficient (Wildman–Crippen LogP) is 2.79. The summed E-state index contributed by atoms with van der Waals surface area (Å²) < 4.78 is 0. The number of piperidine rings is 1. The highest BCUT2D eigenvalue weighted by Gasteiger charge is 2.47. The zero-order chi connectivity index (χ0) is 11.8. The van der Waals surface area contributed by atoms with Gasteiger partial charge in [-0.15, -0.1) is 0 Å². The Morgan fingerprint density at radius 3 is 2.94 bits per heavy atom. The fourth-order valence-electron chi connectivity index (χ4n) is 2.92. The summed E-state index contributed by atoms with van der Waals surface area (Å²) in [5.41, 5.74) is 2.30. The molecule has 90 valence electrons. The van der Waals surface area contributed by atoms with Crippen molar-refractivity contribution in [2.45, 2.75) is 45.6 Å². The first kappa shape index (κ1) is 11.5. The van der Waals surface area contributed by atoms with Gasteiger partial charge >= 0.3 is 0 Å². The summed E-state index contributed by atoms with van der Waals surface area (Å²) in [6.45, 7) is 12.5. The molecule has 2 unspecified atom stereocenters. The fourth-order valence-corrected chi connectivity index (χ4v) is 2.92. The lowest BCUT2D eigenvalue weighted by atomic mass is 9.76. The minimum absolute atomic E-state index is 0.00914. The van der Waals surface area contributed by atoms with Crippen LogP contribution in [0.2, 0.25) is 0 Å². The number of rotatable bonds is 2. The van der Waals surface area contributed by atoms with Crippen molar-refractivity contribution in [3.63, 3.8) is 0 Å². The average molecular weight is 222 g/mol. The molecule has 2 rings (SSSR count). The highest BCUT2D eigenvalue weighted by molar-refractivity contribution is 5.83. The molecule has 0 aliphatic carbocycles. The summed E-state index contributed by atoms with van der Waals surface area (Å²) in [7, 11) is 0. The van der Waals surface area contributed by atoms with Crippen LogP contribution in [0.1, 0.15) is 40.0 Å². The largest absolute Gasteiger partial charge is 0.388 e. The van der Waals surface area contributed by atoms with E-state index in [-0.39, 0.29) is 5.60 Å². The van der Waals surface area contributed by atoms with E-state index in [0.29, 0.717) is 5.92 Å². The van der Waals surface area contributed by atoms with E-state index in [4.69, 9.17) is 4.84 Å². The fraction of sp³-hybridized carbons (Fsp3) is 0.769. The number of allylic oxidation sites excluding steroid dienone is 1. The second-order valence-electron chi connectivity index (χ2n) is 5.20. The van der Waals surface area contributed by atoms with Crippen LogP contribution >= 0.6 is 0 Å². The molecule has 0 aromatic heterocycles. The Morgan fingerprint density at radius 1 is 1.69 bits per heavy atom. The van der Waals surface area contributed by atoms with Crippen LogP contribution in [0.25, 0.3) is 0 Å². The third-order valence-electron chi connectivity index (χ3n) is 3.96. The summed E-state index contributed by atoms with van der Waals surface area (Å²) in [4.78, 5) is 8.13. The van der Waals surface area contributed by atoms with Crippen LogP contribution in [0.15, 0.2) is 17.4 Å². The van der Waals surface area contributed by atoms with E-state index in [2.05, 4.69) is 37.4 Å². The minimum atomic E-state index is -0.00914. The lowest BCUT2D eigenvalue weighted by Crippen LogP contribution is -2.51. The van der Waals surface area contributed by atoms with Crippen molar-refractivity contribution in [2.75, 3.05) is 13.1 Å². The Labute approximate surface area is 98.1 Å². The van der Waals surface area contributed by atoms with Crippen molar-refractivity contribution < 1.29 is 4.84 Å². The van der Waals surface area contributed by atoms with E-state index >= 15 is 0 Å². The molecule has 16 heavy (non-hydrogen) atoms. The predicted molar refractivity (Wildman–Crippen MR) is 66.3 cm³/mol. The smallest absolute Gasteiger partial charge is 0.149 e. The topological polar surface area (TPSA) is 24.8 Å². The van der Waals surface area contributed by atoms with Crippen molar-refractivity contribution >= 4 is 5.71 Å². The third-order valence-corrected chi connectivity index (χ3v) is 3.96. The molecule has 1 fully saturated rings. The second kappa shape index (κ2) is 4.11. The molecule has 2 aliphatic rings. The molecular formula is C13H22N2O. The van der Waals surface area contributed by atoms with E-state index in [9.17, 15) is 0 Å². The molecule has 0 bridgehead atoms. The molecule has 1 spiro atoms. The Bertz CT molecular complexity index is 324. The van der Waals surface area contributed by atoms with Crippen molar-refractivity contribution in [1.82, 2.24) is 4.90 Å². The van der Waals surface area contributed by atoms with E-state index in [1.54, 1.807) is 0 Å². The first-order valence-corrected chi connectivity index (χ1v) is 6.19. The van der Waals surface area contributed by atoms with E-state index in [1.165, 1.54) is 5.70 Å². The second-order valence-corrected chi connectivity index (χ2v) is 5.20. The van der Waals surface area contributed by atoms with Gasteiger partial charge in [-0.1, -0.05) is 18.7 Å². The molecule has 0 saturated carbocycles. The van der Waals surface area contributed by atoms with E-state index in [1.807, 2.05) is 0 Å². The standard InChI is InChI=1S/C13H22N2O/c1-5-12-9-15(10(2)3)7-6-13(12)8-11(4)14-16-13/h12H,2,5-9H2,1,3-4H3. The van der Waals surface area contributed by atoms with Gasteiger partial charge in [0, 0.05) is 37.5 Å². The molecule has 0 amide bonds. The number of hydrogen-bond acceptors (Lipinski definition) is 3. The van der Waals surface area contributed by atoms with Crippen molar-refractivity contribution in [1.29, 1.82) is 0 Å². The van der Waals surface area contributed by atoms with Gasteiger partial charge in [-0.2, -0.15) is 0 Å². The van der Waals surface area contributed by atoms with Crippen molar-refractivity contribution in [3.05, 3.63) is 12.3 Å². The van der Waals surface area contributed by atoms with Gasteiger partial charge in [0.05, 0.1) is 5.71 Å². The van der Waals surface area contributed by atoms with Crippen LogP contribution in [0, 0.1) is 5.92 Å². The van der Waals surface area contributed by atoms with E-state index in [0.717, 1.165) is 38.1 Å². The molecule has 0 aromatic carbocycles. The third kappa shape index (κ3) is 1.83. The molecular weight excluding hydrogens is 200 g/mol. The highest BCUT2D eigenvalue weighted by Crippen LogP contribution is 2.40. The van der Waals surface area contributed by atoms with Crippen molar-refractivity contribution in [3.8, 4) is 0 Å². The Hall–Kier alpha value is -0.990. The maximum Gasteiger partial charge on any atom is 0.149 e. The zero-order valence-corrected chi connectivity index (χ0v) is 10.6. The molecule has 2 aliphatic heterocycles. The average Bonchev–Trinajstić information content (AvgIpc) is 2.61. The monoisotopic (exact) mass is 222 g/mol. The maximum atomic E-state index is 5.76. The molecule has 2 heterocycles. The first-order chi connectivity index (χ1) is 7.57. The summed E-state index contributed by atoms with van der Waals surface area (Å²) >= 11 is 0. The molecule has 0 aromatic rings. The Balaban J connectivity index is 2.10. The van der Waals surface area contributed by atoms with Gasteiger partial charge in [0.1, 0.15) is 5.60 Å². The molecule has 2 atom stereocenters. The number of oxime groups is 1. The van der Waals surface area contributed by atoms with Gasteiger partial charge in [-0.25, -0.2) is 0 Å². The minimum Gasteiger partial charge on any atom is -0.388 e. The van der Waals surface area contributed by atoms with Gasteiger partial charge < -0.3 is 9.74 Å². The van der Waals surface area contributed by atoms with Gasteiger partial charge in [0.15, 0.2) is 0 Å². The van der Waals surface area contributed by atoms with Crippen molar-refractivity contribution in [2.24, 2.45) is 11.1 Å². The van der Waals surface area contributed by atoms with Crippen LogP contribution in [0.4, 0.5) is 0 Å².